The Kier molecular flexibility index (Phi) is 3.25. The Morgan fingerprint density at radius 1 is 1.26 bits per heavy atom. The summed E-state index contributed by atoms with van der Waals surface area (Å²) in [5.41, 5.74) is 3.09. The Hall–Kier alpha value is -1.81. The minimum absolute atomic E-state index is 0.508. The lowest BCUT2D eigenvalue weighted by atomic mass is 10.2. The van der Waals surface area contributed by atoms with Gasteiger partial charge in [-0.15, -0.1) is 0 Å². The predicted molar refractivity (Wildman–Crippen MR) is 78.4 cm³/mol. The lowest BCUT2D eigenvalue weighted by Crippen LogP contribution is -2.00. The highest BCUT2D eigenvalue weighted by molar-refractivity contribution is 9.10. The molecule has 19 heavy (non-hydrogen) atoms. The van der Waals surface area contributed by atoms with Crippen LogP contribution in [0.4, 0.5) is 0 Å². The summed E-state index contributed by atoms with van der Waals surface area (Å²) in [4.78, 5) is 4.37. The molecule has 3 nitrogen and oxygen atoms in total. The number of aryl methyl sites for hydroxylation is 1. The van der Waals surface area contributed by atoms with Gasteiger partial charge < -0.3 is 9.14 Å². The van der Waals surface area contributed by atoms with E-state index in [0.717, 1.165) is 27.1 Å². The molecule has 0 aliphatic carbocycles. The van der Waals surface area contributed by atoms with Crippen LogP contribution in [0.5, 0.6) is 5.75 Å². The monoisotopic (exact) mass is 316 g/mol. The molecule has 0 N–H and O–H groups in total. The van der Waals surface area contributed by atoms with Crippen molar-refractivity contribution in [3.63, 3.8) is 0 Å². The molecule has 3 aromatic rings. The second-order valence-corrected chi connectivity index (χ2v) is 5.29. The Balaban J connectivity index is 1.84. The molecule has 0 unspecified atom stereocenters. The quantitative estimate of drug-likeness (QED) is 0.730. The normalized spacial score (nSPS) is 10.8. The molecule has 3 rings (SSSR count). The molecule has 4 heteroatoms. The first-order valence-corrected chi connectivity index (χ1v) is 6.83. The largest absolute Gasteiger partial charge is 0.487 e. The average molecular weight is 317 g/mol. The first kappa shape index (κ1) is 12.2. The molecular formula is C15H13BrN2O. The average Bonchev–Trinajstić information content (AvgIpc) is 2.80. The number of nitrogens with zero attached hydrogens (tertiary/aromatic N) is 2. The Bertz CT molecular complexity index is 721. The molecule has 0 amide bonds. The van der Waals surface area contributed by atoms with Crippen molar-refractivity contribution in [3.8, 4) is 5.75 Å². The van der Waals surface area contributed by atoms with Gasteiger partial charge in [0.25, 0.3) is 0 Å². The van der Waals surface area contributed by atoms with Crippen molar-refractivity contribution in [2.24, 2.45) is 0 Å². The summed E-state index contributed by atoms with van der Waals surface area (Å²) >= 11 is 3.44. The van der Waals surface area contributed by atoms with Crippen LogP contribution in [0.25, 0.3) is 5.65 Å². The molecule has 0 saturated heterocycles. The molecule has 0 aliphatic heterocycles. The van der Waals surface area contributed by atoms with E-state index in [2.05, 4.69) is 20.9 Å². The lowest BCUT2D eigenvalue weighted by Gasteiger charge is -2.08. The van der Waals surface area contributed by atoms with Crippen molar-refractivity contribution in [2.45, 2.75) is 13.5 Å². The number of benzene rings is 1. The molecule has 96 valence electrons. The van der Waals surface area contributed by atoms with Gasteiger partial charge in [-0.2, -0.15) is 0 Å². The van der Waals surface area contributed by atoms with Gasteiger partial charge in [0.2, 0.25) is 0 Å². The number of fused-ring (bicyclic) bond motifs is 1. The maximum absolute atomic E-state index is 5.85. The second-order valence-electron chi connectivity index (χ2n) is 4.38. The van der Waals surface area contributed by atoms with Crippen LogP contribution in [-0.2, 0) is 6.61 Å². The van der Waals surface area contributed by atoms with Crippen LogP contribution < -0.4 is 4.74 Å². The van der Waals surface area contributed by atoms with E-state index in [1.807, 2.05) is 60.1 Å². The molecule has 0 bridgehead atoms. The van der Waals surface area contributed by atoms with E-state index in [4.69, 9.17) is 4.74 Å². The van der Waals surface area contributed by atoms with Gasteiger partial charge in [-0.25, -0.2) is 4.98 Å². The first-order chi connectivity index (χ1) is 9.24. The van der Waals surface area contributed by atoms with Crippen LogP contribution in [0.3, 0.4) is 0 Å². The lowest BCUT2D eigenvalue weighted by molar-refractivity contribution is 0.298. The molecular weight excluding hydrogens is 304 g/mol. The highest BCUT2D eigenvalue weighted by atomic mass is 79.9. The van der Waals surface area contributed by atoms with Crippen LogP contribution >= 0.6 is 15.9 Å². The molecule has 0 aliphatic rings. The Labute approximate surface area is 120 Å². The van der Waals surface area contributed by atoms with E-state index in [9.17, 15) is 0 Å². The summed E-state index contributed by atoms with van der Waals surface area (Å²) in [6.07, 6.45) is 3.84. The van der Waals surface area contributed by atoms with Crippen LogP contribution in [0.1, 0.15) is 11.3 Å². The predicted octanol–water partition coefficient (Wildman–Crippen LogP) is 3.98. The van der Waals surface area contributed by atoms with Gasteiger partial charge in [-0.1, -0.05) is 34.1 Å². The molecule has 2 aromatic heterocycles. The van der Waals surface area contributed by atoms with Crippen molar-refractivity contribution in [2.75, 3.05) is 0 Å². The third-order valence-electron chi connectivity index (χ3n) is 3.02. The first-order valence-electron chi connectivity index (χ1n) is 6.04. The van der Waals surface area contributed by atoms with Crippen LogP contribution in [0.2, 0.25) is 0 Å². The molecule has 0 fully saturated rings. The van der Waals surface area contributed by atoms with Crippen molar-refractivity contribution >= 4 is 21.6 Å². The van der Waals surface area contributed by atoms with Crippen molar-refractivity contribution in [1.82, 2.24) is 9.38 Å². The van der Waals surface area contributed by atoms with Gasteiger partial charge in [0.15, 0.2) is 0 Å². The summed E-state index contributed by atoms with van der Waals surface area (Å²) in [6, 6.07) is 12.0. The zero-order chi connectivity index (χ0) is 13.2. The highest BCUT2D eigenvalue weighted by Crippen LogP contribution is 2.19. The van der Waals surface area contributed by atoms with Crippen LogP contribution in [0.15, 0.2) is 53.3 Å². The summed E-state index contributed by atoms with van der Waals surface area (Å²) in [5, 5.41) is 0. The third-order valence-corrected chi connectivity index (χ3v) is 3.51. The van der Waals surface area contributed by atoms with Gasteiger partial charge in [0, 0.05) is 10.7 Å². The number of hydrogen-bond donors (Lipinski definition) is 0. The number of hydrogen-bond acceptors (Lipinski definition) is 2. The minimum Gasteiger partial charge on any atom is -0.487 e. The number of rotatable bonds is 3. The number of para-hydroxylation sites is 1. The fourth-order valence-electron chi connectivity index (χ4n) is 1.99. The number of aromatic nitrogens is 2. The fraction of sp³-hybridized carbons (Fsp3) is 0.133. The topological polar surface area (TPSA) is 26.5 Å². The number of ether oxygens (including phenoxy) is 1. The molecule has 0 spiro atoms. The maximum atomic E-state index is 5.85. The highest BCUT2D eigenvalue weighted by Gasteiger charge is 2.05. The SMILES string of the molecule is Cc1ccccc1OCc1cnc2cc(Br)ccn12. The van der Waals surface area contributed by atoms with Gasteiger partial charge in [-0.05, 0) is 30.7 Å². The summed E-state index contributed by atoms with van der Waals surface area (Å²) in [5.74, 6) is 0.912. The van der Waals surface area contributed by atoms with Gasteiger partial charge in [0.1, 0.15) is 18.0 Å². The van der Waals surface area contributed by atoms with E-state index >= 15 is 0 Å². The number of pyridine rings is 1. The van der Waals surface area contributed by atoms with Crippen molar-refractivity contribution in [3.05, 3.63) is 64.5 Å². The smallest absolute Gasteiger partial charge is 0.138 e. The van der Waals surface area contributed by atoms with E-state index in [1.54, 1.807) is 0 Å². The van der Waals surface area contributed by atoms with Gasteiger partial charge in [0.05, 0.1) is 11.9 Å². The summed E-state index contributed by atoms with van der Waals surface area (Å²) in [6.45, 7) is 2.55. The maximum Gasteiger partial charge on any atom is 0.138 e. The van der Waals surface area contributed by atoms with E-state index < -0.39 is 0 Å². The van der Waals surface area contributed by atoms with Crippen LogP contribution in [0, 0.1) is 6.92 Å². The molecule has 0 saturated carbocycles. The standard InChI is InChI=1S/C15H13BrN2O/c1-11-4-2-3-5-14(11)19-10-13-9-17-15-8-12(16)6-7-18(13)15/h2-9H,10H2,1H3. The minimum atomic E-state index is 0.508. The van der Waals surface area contributed by atoms with E-state index in [1.165, 1.54) is 0 Å². The Morgan fingerprint density at radius 3 is 2.95 bits per heavy atom. The van der Waals surface area contributed by atoms with Gasteiger partial charge in [-0.3, -0.25) is 0 Å². The van der Waals surface area contributed by atoms with Crippen LogP contribution in [-0.4, -0.2) is 9.38 Å². The summed E-state index contributed by atoms with van der Waals surface area (Å²) in [7, 11) is 0. The van der Waals surface area contributed by atoms with Crippen molar-refractivity contribution in [1.29, 1.82) is 0 Å². The second kappa shape index (κ2) is 5.05. The number of halogens is 1. The molecule has 0 radical (unpaired) electrons. The molecule has 1 aromatic carbocycles. The molecule has 0 atom stereocenters. The fourth-order valence-corrected chi connectivity index (χ4v) is 2.31. The van der Waals surface area contributed by atoms with Crippen molar-refractivity contribution < 1.29 is 4.74 Å². The zero-order valence-corrected chi connectivity index (χ0v) is 12.1. The number of imidazole rings is 1. The van der Waals surface area contributed by atoms with E-state index in [-0.39, 0.29) is 0 Å². The zero-order valence-electron chi connectivity index (χ0n) is 10.5. The Morgan fingerprint density at radius 2 is 2.11 bits per heavy atom. The summed E-state index contributed by atoms with van der Waals surface area (Å²) < 4.78 is 8.90. The van der Waals surface area contributed by atoms with Gasteiger partial charge >= 0.3 is 0 Å². The molecule has 2 heterocycles. The van der Waals surface area contributed by atoms with E-state index in [0.29, 0.717) is 6.61 Å². The third kappa shape index (κ3) is 2.49.